The Morgan fingerprint density at radius 2 is 1.72 bits per heavy atom. The summed E-state index contributed by atoms with van der Waals surface area (Å²) in [4.78, 5) is 42.9. The number of alkyl halides is 1. The molecule has 0 bridgehead atoms. The SMILES string of the molecule is COC1CCC([C@@H]2CCN(C(=O)C3CCC([C@H](N)CF)CC3)[C@@H]2C(=O)Cc2ccc3oc(C(=O)OCC4CCOCC4)cc3c2)CC1. The van der Waals surface area contributed by atoms with Crippen LogP contribution in [0.5, 0.6) is 0 Å². The monoisotopic (exact) mass is 654 g/mol. The first kappa shape index (κ1) is 34.1. The fraction of sp³-hybridized carbons (Fsp3) is 0.703. The average Bonchev–Trinajstić information content (AvgIpc) is 3.76. The minimum Gasteiger partial charge on any atom is -0.460 e. The molecule has 0 unspecified atom stereocenters. The first-order valence-electron chi connectivity index (χ1n) is 17.8. The Bertz CT molecular complexity index is 1370. The maximum atomic E-state index is 14.3. The Morgan fingerprint density at radius 3 is 2.43 bits per heavy atom. The van der Waals surface area contributed by atoms with Gasteiger partial charge in [-0.25, -0.2) is 9.18 Å². The number of Topliss-reactive ketones (excluding diaryl/α,β-unsaturated/α-hetero) is 1. The van der Waals surface area contributed by atoms with E-state index in [4.69, 9.17) is 24.4 Å². The molecule has 1 amide bonds. The van der Waals surface area contributed by atoms with Gasteiger partial charge in [0.25, 0.3) is 0 Å². The fourth-order valence-electron chi connectivity index (χ4n) is 8.66. The number of carbonyl (C=O) groups is 3. The number of rotatable bonds is 11. The number of ketones is 1. The highest BCUT2D eigenvalue weighted by molar-refractivity contribution is 5.94. The highest BCUT2D eigenvalue weighted by Gasteiger charge is 2.47. The summed E-state index contributed by atoms with van der Waals surface area (Å²) in [5.41, 5.74) is 7.37. The number of methoxy groups -OCH3 is 1. The number of halogens is 1. The third kappa shape index (κ3) is 7.92. The van der Waals surface area contributed by atoms with Gasteiger partial charge in [0.1, 0.15) is 12.3 Å². The van der Waals surface area contributed by atoms with Crippen LogP contribution in [0.25, 0.3) is 11.0 Å². The lowest BCUT2D eigenvalue weighted by atomic mass is 9.74. The maximum Gasteiger partial charge on any atom is 0.374 e. The smallest absolute Gasteiger partial charge is 0.374 e. The molecule has 2 aromatic rings. The molecule has 3 heterocycles. The number of likely N-dealkylation sites (tertiary alicyclic amines) is 1. The van der Waals surface area contributed by atoms with Crippen molar-refractivity contribution in [3.8, 4) is 0 Å². The van der Waals surface area contributed by atoms with Crippen LogP contribution in [0, 0.1) is 29.6 Å². The molecule has 4 aliphatic rings. The Kier molecular flexibility index (Phi) is 11.3. The lowest BCUT2D eigenvalue weighted by Crippen LogP contribution is -2.48. The number of nitrogens with zero attached hydrogens (tertiary/aromatic N) is 1. The van der Waals surface area contributed by atoms with Gasteiger partial charge >= 0.3 is 5.97 Å². The molecule has 9 nitrogen and oxygen atoms in total. The van der Waals surface area contributed by atoms with Gasteiger partial charge in [-0.3, -0.25) is 9.59 Å². The summed E-state index contributed by atoms with van der Waals surface area (Å²) in [6, 6.07) is 6.33. The predicted molar refractivity (Wildman–Crippen MR) is 175 cm³/mol. The molecule has 258 valence electrons. The molecule has 2 saturated carbocycles. The van der Waals surface area contributed by atoms with E-state index in [2.05, 4.69) is 0 Å². The molecular weight excluding hydrogens is 603 g/mol. The van der Waals surface area contributed by atoms with Crippen LogP contribution in [0.15, 0.2) is 28.7 Å². The molecule has 0 radical (unpaired) electrons. The Morgan fingerprint density at radius 1 is 0.979 bits per heavy atom. The molecule has 2 saturated heterocycles. The molecule has 3 atom stereocenters. The number of ether oxygens (including phenoxy) is 3. The van der Waals surface area contributed by atoms with E-state index in [-0.39, 0.29) is 47.7 Å². The molecule has 47 heavy (non-hydrogen) atoms. The van der Waals surface area contributed by atoms with Crippen molar-refractivity contribution in [2.45, 2.75) is 95.2 Å². The zero-order chi connectivity index (χ0) is 32.9. The fourth-order valence-corrected chi connectivity index (χ4v) is 8.66. The Balaban J connectivity index is 1.15. The minimum atomic E-state index is -0.536. The third-order valence-corrected chi connectivity index (χ3v) is 11.6. The number of esters is 1. The molecule has 1 aromatic carbocycles. The molecule has 1 aromatic heterocycles. The Labute approximate surface area is 277 Å². The maximum absolute atomic E-state index is 14.3. The van der Waals surface area contributed by atoms with E-state index < -0.39 is 24.7 Å². The van der Waals surface area contributed by atoms with E-state index in [0.29, 0.717) is 56.6 Å². The second kappa shape index (κ2) is 15.6. The first-order chi connectivity index (χ1) is 22.8. The van der Waals surface area contributed by atoms with E-state index in [1.165, 1.54) is 0 Å². The number of carbonyl (C=O) groups excluding carboxylic acids is 3. The van der Waals surface area contributed by atoms with Crippen LogP contribution in [0.4, 0.5) is 4.39 Å². The highest BCUT2D eigenvalue weighted by atomic mass is 19.1. The van der Waals surface area contributed by atoms with Gasteiger partial charge in [-0.05, 0) is 118 Å². The van der Waals surface area contributed by atoms with Crippen molar-refractivity contribution in [3.63, 3.8) is 0 Å². The quantitative estimate of drug-likeness (QED) is 0.309. The van der Waals surface area contributed by atoms with Crippen LogP contribution in [-0.2, 0) is 30.2 Å². The number of fused-ring (bicyclic) bond motifs is 1. The average molecular weight is 655 g/mol. The van der Waals surface area contributed by atoms with Crippen LogP contribution < -0.4 is 5.73 Å². The van der Waals surface area contributed by atoms with Crippen molar-refractivity contribution in [2.24, 2.45) is 35.3 Å². The van der Waals surface area contributed by atoms with Gasteiger partial charge in [-0.15, -0.1) is 0 Å². The predicted octanol–water partition coefficient (Wildman–Crippen LogP) is 5.65. The number of nitrogens with two attached hydrogens (primary N) is 1. The normalized spacial score (nSPS) is 29.6. The minimum absolute atomic E-state index is 0.0572. The van der Waals surface area contributed by atoms with E-state index in [0.717, 1.165) is 68.7 Å². The van der Waals surface area contributed by atoms with Crippen LogP contribution in [0.1, 0.15) is 86.7 Å². The lowest BCUT2D eigenvalue weighted by Gasteiger charge is -2.37. The summed E-state index contributed by atoms with van der Waals surface area (Å²) < 4.78 is 35.6. The first-order valence-corrected chi connectivity index (χ1v) is 17.8. The van der Waals surface area contributed by atoms with Gasteiger partial charge in [-0.1, -0.05) is 6.07 Å². The highest BCUT2D eigenvalue weighted by Crippen LogP contribution is 2.42. The second-order valence-electron chi connectivity index (χ2n) is 14.4. The molecule has 0 spiro atoms. The molecule has 2 aliphatic heterocycles. The van der Waals surface area contributed by atoms with E-state index in [1.807, 2.05) is 17.0 Å². The second-order valence-corrected chi connectivity index (χ2v) is 14.4. The topological polar surface area (TPSA) is 121 Å². The summed E-state index contributed by atoms with van der Waals surface area (Å²) in [6.45, 7) is 1.78. The lowest BCUT2D eigenvalue weighted by molar-refractivity contribution is -0.143. The molecule has 4 fully saturated rings. The number of hydrogen-bond acceptors (Lipinski definition) is 8. The summed E-state index contributed by atoms with van der Waals surface area (Å²) in [5.74, 6) is 0.533. The summed E-state index contributed by atoms with van der Waals surface area (Å²) in [5, 5.41) is 0.741. The number of hydrogen-bond donors (Lipinski definition) is 1. The molecule has 2 N–H and O–H groups in total. The summed E-state index contributed by atoms with van der Waals surface area (Å²) in [7, 11) is 1.76. The zero-order valence-corrected chi connectivity index (χ0v) is 27.7. The van der Waals surface area contributed by atoms with Gasteiger partial charge < -0.3 is 29.3 Å². The van der Waals surface area contributed by atoms with Crippen molar-refractivity contribution in [1.29, 1.82) is 0 Å². The van der Waals surface area contributed by atoms with Crippen molar-refractivity contribution in [3.05, 3.63) is 35.6 Å². The van der Waals surface area contributed by atoms with Gasteiger partial charge in [0.05, 0.1) is 18.8 Å². The molecule has 6 rings (SSSR count). The molecule has 10 heteroatoms. The van der Waals surface area contributed by atoms with E-state index in [9.17, 15) is 18.8 Å². The van der Waals surface area contributed by atoms with Crippen LogP contribution >= 0.6 is 0 Å². The number of benzene rings is 1. The van der Waals surface area contributed by atoms with Gasteiger partial charge in [0.15, 0.2) is 5.78 Å². The van der Waals surface area contributed by atoms with Crippen LogP contribution in [0.3, 0.4) is 0 Å². The van der Waals surface area contributed by atoms with Gasteiger partial charge in [0, 0.05) is 50.6 Å². The zero-order valence-electron chi connectivity index (χ0n) is 27.7. The standard InChI is InChI=1S/C37H51FN2O7/c1-44-29-9-7-25(8-10-29)30-12-15-40(36(42)27-5-3-26(4-6-27)31(39)21-38)35(30)32(41)19-24-2-11-33-28(18-24)20-34(47-33)37(43)46-22-23-13-16-45-17-14-23/h2,11,18,20,23,25-27,29-31,35H,3-10,12-17,19,21-22,39H2,1H3/t25?,26?,27?,29?,30-,31+,35-/m0/s1. The summed E-state index contributed by atoms with van der Waals surface area (Å²) in [6.07, 6.45) is 9.84. The van der Waals surface area contributed by atoms with Gasteiger partial charge in [-0.2, -0.15) is 0 Å². The van der Waals surface area contributed by atoms with Crippen molar-refractivity contribution in [2.75, 3.05) is 40.1 Å². The van der Waals surface area contributed by atoms with Crippen molar-refractivity contribution in [1.82, 2.24) is 4.90 Å². The van der Waals surface area contributed by atoms with Crippen molar-refractivity contribution >= 4 is 28.6 Å². The number of amides is 1. The molecule has 2 aliphatic carbocycles. The van der Waals surface area contributed by atoms with E-state index >= 15 is 0 Å². The third-order valence-electron chi connectivity index (χ3n) is 11.6. The van der Waals surface area contributed by atoms with E-state index in [1.54, 1.807) is 19.2 Å². The van der Waals surface area contributed by atoms with Crippen LogP contribution in [0.2, 0.25) is 0 Å². The largest absolute Gasteiger partial charge is 0.460 e. The Hall–Kier alpha value is -2.82. The molecular formula is C37H51FN2O7. The number of furan rings is 1. The van der Waals surface area contributed by atoms with Gasteiger partial charge in [0.2, 0.25) is 11.7 Å². The van der Waals surface area contributed by atoms with Crippen molar-refractivity contribution < 1.29 is 37.4 Å². The van der Waals surface area contributed by atoms with Crippen LogP contribution in [-0.4, -0.2) is 80.9 Å². The summed E-state index contributed by atoms with van der Waals surface area (Å²) >= 11 is 0.